The van der Waals surface area contributed by atoms with Gasteiger partial charge in [0.1, 0.15) is 6.33 Å². The molecule has 0 spiro atoms. The molecule has 0 bridgehead atoms. The summed E-state index contributed by atoms with van der Waals surface area (Å²) in [5.41, 5.74) is 0.719. The first kappa shape index (κ1) is 14.3. The van der Waals surface area contributed by atoms with E-state index in [9.17, 15) is 4.79 Å². The fourth-order valence-corrected chi connectivity index (χ4v) is 3.02. The van der Waals surface area contributed by atoms with E-state index in [1.165, 1.54) is 10.9 Å². The third-order valence-corrected chi connectivity index (χ3v) is 4.24. The molecule has 3 aromatic heterocycles. The molecule has 0 unspecified atom stereocenters. The minimum Gasteiger partial charge on any atom is -0.491 e. The number of H-pyrrole nitrogens is 1. The Bertz CT molecular complexity index is 836. The number of hydrogen-bond donors (Lipinski definition) is 1. The van der Waals surface area contributed by atoms with Crippen molar-refractivity contribution in [3.8, 4) is 22.1 Å². The highest BCUT2D eigenvalue weighted by molar-refractivity contribution is 7.15. The number of hydrogen-bond acceptors (Lipinski definition) is 6. The van der Waals surface area contributed by atoms with E-state index in [1.54, 1.807) is 31.8 Å². The first-order chi connectivity index (χ1) is 10.7. The van der Waals surface area contributed by atoms with Crippen LogP contribution in [0, 0.1) is 0 Å². The van der Waals surface area contributed by atoms with Crippen LogP contribution in [0.1, 0.15) is 4.88 Å². The van der Waals surface area contributed by atoms with Crippen molar-refractivity contribution < 1.29 is 9.47 Å². The molecule has 22 heavy (non-hydrogen) atoms. The molecule has 7 nitrogen and oxygen atoms in total. The third-order valence-electron chi connectivity index (χ3n) is 3.12. The van der Waals surface area contributed by atoms with Crippen molar-refractivity contribution in [2.24, 2.45) is 0 Å². The highest BCUT2D eigenvalue weighted by atomic mass is 32.1. The molecular formula is C14H14N4O3S. The molecule has 0 saturated carbocycles. The quantitative estimate of drug-likeness (QED) is 0.775. The topological polar surface area (TPSA) is 82.0 Å². The van der Waals surface area contributed by atoms with E-state index >= 15 is 0 Å². The Balaban J connectivity index is 1.87. The number of methoxy groups -OCH3 is 2. The van der Waals surface area contributed by atoms with Crippen molar-refractivity contribution in [2.75, 3.05) is 14.2 Å². The van der Waals surface area contributed by atoms with Crippen LogP contribution in [-0.2, 0) is 6.54 Å². The normalized spacial score (nSPS) is 10.6. The second-order valence-electron chi connectivity index (χ2n) is 4.49. The first-order valence-corrected chi connectivity index (χ1v) is 7.30. The van der Waals surface area contributed by atoms with Crippen molar-refractivity contribution in [2.45, 2.75) is 6.54 Å². The SMILES string of the molecule is COc1cc(-c2ccc(Cn3cn[nH]c3=O)s2)cnc1OC. The number of nitrogens with one attached hydrogen (secondary N) is 1. The molecule has 8 heteroatoms. The van der Waals surface area contributed by atoms with E-state index in [0.29, 0.717) is 18.2 Å². The molecule has 0 radical (unpaired) electrons. The van der Waals surface area contributed by atoms with Crippen LogP contribution in [0.4, 0.5) is 0 Å². The van der Waals surface area contributed by atoms with Crippen LogP contribution >= 0.6 is 11.3 Å². The zero-order valence-corrected chi connectivity index (χ0v) is 12.9. The summed E-state index contributed by atoms with van der Waals surface area (Å²) in [7, 11) is 3.13. The molecule has 114 valence electrons. The Hall–Kier alpha value is -2.61. The summed E-state index contributed by atoms with van der Waals surface area (Å²) in [6, 6.07) is 5.86. The zero-order chi connectivity index (χ0) is 15.5. The Morgan fingerprint density at radius 1 is 1.32 bits per heavy atom. The largest absolute Gasteiger partial charge is 0.491 e. The number of aromatic amines is 1. The van der Waals surface area contributed by atoms with Gasteiger partial charge in [0.2, 0.25) is 0 Å². The van der Waals surface area contributed by atoms with E-state index in [2.05, 4.69) is 15.2 Å². The molecule has 3 heterocycles. The lowest BCUT2D eigenvalue weighted by Gasteiger charge is -2.07. The number of nitrogens with zero attached hydrogens (tertiary/aromatic N) is 3. The number of rotatable bonds is 5. The van der Waals surface area contributed by atoms with E-state index < -0.39 is 0 Å². The average Bonchev–Trinajstić information content (AvgIpc) is 3.17. The molecule has 0 aromatic carbocycles. The molecular weight excluding hydrogens is 304 g/mol. The van der Waals surface area contributed by atoms with Crippen molar-refractivity contribution >= 4 is 11.3 Å². The highest BCUT2D eigenvalue weighted by Gasteiger charge is 2.10. The fraction of sp³-hybridized carbons (Fsp3) is 0.214. The third kappa shape index (κ3) is 2.73. The van der Waals surface area contributed by atoms with Gasteiger partial charge in [0, 0.05) is 21.5 Å². The highest BCUT2D eigenvalue weighted by Crippen LogP contribution is 2.33. The maximum atomic E-state index is 11.5. The van der Waals surface area contributed by atoms with Crippen LogP contribution < -0.4 is 15.2 Å². The van der Waals surface area contributed by atoms with E-state index in [0.717, 1.165) is 15.3 Å². The van der Waals surface area contributed by atoms with Crippen LogP contribution in [0.25, 0.3) is 10.4 Å². The van der Waals surface area contributed by atoms with Crippen molar-refractivity contribution in [1.82, 2.24) is 19.7 Å². The van der Waals surface area contributed by atoms with Crippen LogP contribution in [0.2, 0.25) is 0 Å². The zero-order valence-electron chi connectivity index (χ0n) is 12.1. The van der Waals surface area contributed by atoms with Crippen LogP contribution in [0.15, 0.2) is 35.5 Å². The van der Waals surface area contributed by atoms with Gasteiger partial charge in [-0.25, -0.2) is 14.9 Å². The Labute approximate surface area is 130 Å². The van der Waals surface area contributed by atoms with E-state index in [-0.39, 0.29) is 5.69 Å². The maximum absolute atomic E-state index is 11.5. The van der Waals surface area contributed by atoms with Gasteiger partial charge in [-0.1, -0.05) is 0 Å². The summed E-state index contributed by atoms with van der Waals surface area (Å²) < 4.78 is 11.9. The second kappa shape index (κ2) is 6.02. The van der Waals surface area contributed by atoms with Gasteiger partial charge in [-0.15, -0.1) is 11.3 Å². The smallest absolute Gasteiger partial charge is 0.343 e. The number of pyridine rings is 1. The Morgan fingerprint density at radius 3 is 2.86 bits per heavy atom. The number of ether oxygens (including phenoxy) is 2. The van der Waals surface area contributed by atoms with Gasteiger partial charge in [-0.05, 0) is 18.2 Å². The summed E-state index contributed by atoms with van der Waals surface area (Å²) in [6.45, 7) is 0.487. The molecule has 3 aromatic rings. The minimum absolute atomic E-state index is 0.220. The summed E-state index contributed by atoms with van der Waals surface area (Å²) >= 11 is 1.59. The van der Waals surface area contributed by atoms with Crippen molar-refractivity contribution in [1.29, 1.82) is 0 Å². The lowest BCUT2D eigenvalue weighted by atomic mass is 10.2. The lowest BCUT2D eigenvalue weighted by Crippen LogP contribution is -2.16. The van der Waals surface area contributed by atoms with Gasteiger partial charge in [0.15, 0.2) is 5.75 Å². The second-order valence-corrected chi connectivity index (χ2v) is 5.66. The molecule has 0 aliphatic carbocycles. The monoisotopic (exact) mass is 318 g/mol. The van der Waals surface area contributed by atoms with Gasteiger partial charge < -0.3 is 9.47 Å². The molecule has 3 rings (SSSR count). The summed E-state index contributed by atoms with van der Waals surface area (Å²) in [6.07, 6.45) is 3.22. The number of thiophene rings is 1. The van der Waals surface area contributed by atoms with Gasteiger partial charge in [0.05, 0.1) is 20.8 Å². The predicted octanol–water partition coefficient (Wildman–Crippen LogP) is 1.76. The molecule has 0 aliphatic heterocycles. The van der Waals surface area contributed by atoms with Gasteiger partial charge in [-0.3, -0.25) is 4.57 Å². The fourth-order valence-electron chi connectivity index (χ4n) is 2.04. The van der Waals surface area contributed by atoms with Crippen molar-refractivity contribution in [3.63, 3.8) is 0 Å². The van der Waals surface area contributed by atoms with Crippen LogP contribution in [0.3, 0.4) is 0 Å². The maximum Gasteiger partial charge on any atom is 0.343 e. The van der Waals surface area contributed by atoms with Gasteiger partial charge in [-0.2, -0.15) is 5.10 Å². The number of aromatic nitrogens is 4. The Morgan fingerprint density at radius 2 is 2.18 bits per heavy atom. The summed E-state index contributed by atoms with van der Waals surface area (Å²) in [4.78, 5) is 17.8. The molecule has 0 saturated heterocycles. The minimum atomic E-state index is -0.220. The average molecular weight is 318 g/mol. The summed E-state index contributed by atoms with van der Waals surface area (Å²) in [5.74, 6) is 1.04. The Kier molecular flexibility index (Phi) is 3.92. The van der Waals surface area contributed by atoms with Crippen LogP contribution in [-0.4, -0.2) is 34.0 Å². The molecule has 0 aliphatic rings. The molecule has 0 atom stereocenters. The predicted molar refractivity (Wildman–Crippen MR) is 82.6 cm³/mol. The van der Waals surface area contributed by atoms with Gasteiger partial charge >= 0.3 is 5.69 Å². The van der Waals surface area contributed by atoms with Crippen LogP contribution in [0.5, 0.6) is 11.6 Å². The first-order valence-electron chi connectivity index (χ1n) is 6.48. The van der Waals surface area contributed by atoms with Crippen molar-refractivity contribution in [3.05, 3.63) is 46.1 Å². The summed E-state index contributed by atoms with van der Waals surface area (Å²) in [5, 5.41) is 6.09. The lowest BCUT2D eigenvalue weighted by molar-refractivity contribution is 0.343. The van der Waals surface area contributed by atoms with Gasteiger partial charge in [0.25, 0.3) is 5.88 Å². The molecule has 0 amide bonds. The molecule has 1 N–H and O–H groups in total. The van der Waals surface area contributed by atoms with E-state index in [4.69, 9.17) is 9.47 Å². The van der Waals surface area contributed by atoms with E-state index in [1.807, 2.05) is 18.2 Å². The standard InChI is InChI=1S/C14H14N4O3S/c1-20-11-5-9(6-15-13(11)21-2)12-4-3-10(22-12)7-18-8-16-17-14(18)19/h3-6,8H,7H2,1-2H3,(H,17,19). The molecule has 0 fully saturated rings.